The molecular weight excluding hydrogens is 541 g/mol. The number of hydrogen-bond donors (Lipinski definition) is 0. The SMILES string of the molecule is CC[C@@H](C)c1nc2ccc(Br)cc2c(=O)n1N=Cc1cc(OC)c(OCc2ccccc2F)c(OC)c1. The molecule has 0 spiro atoms. The summed E-state index contributed by atoms with van der Waals surface area (Å²) in [6.07, 6.45) is 2.34. The Hall–Kier alpha value is -3.72. The van der Waals surface area contributed by atoms with E-state index in [0.29, 0.717) is 45.1 Å². The van der Waals surface area contributed by atoms with Crippen LogP contribution in [-0.4, -0.2) is 30.1 Å². The Balaban J connectivity index is 1.74. The lowest BCUT2D eigenvalue weighted by atomic mass is 10.1. The van der Waals surface area contributed by atoms with Crippen molar-refractivity contribution < 1.29 is 18.6 Å². The maximum atomic E-state index is 14.1. The lowest BCUT2D eigenvalue weighted by Gasteiger charge is -2.16. The molecule has 0 N–H and O–H groups in total. The normalized spacial score (nSPS) is 12.2. The molecule has 37 heavy (non-hydrogen) atoms. The van der Waals surface area contributed by atoms with Crippen LogP contribution in [0, 0.1) is 5.82 Å². The Kier molecular flexibility index (Phi) is 8.23. The van der Waals surface area contributed by atoms with Crippen molar-refractivity contribution in [3.8, 4) is 17.2 Å². The summed E-state index contributed by atoms with van der Waals surface area (Å²) in [5, 5.41) is 4.97. The van der Waals surface area contributed by atoms with Crippen LogP contribution in [-0.2, 0) is 6.61 Å². The Morgan fingerprint density at radius 1 is 1.11 bits per heavy atom. The zero-order chi connectivity index (χ0) is 26.5. The monoisotopic (exact) mass is 567 g/mol. The van der Waals surface area contributed by atoms with E-state index in [4.69, 9.17) is 19.2 Å². The van der Waals surface area contributed by atoms with Gasteiger partial charge in [-0.15, -0.1) is 0 Å². The van der Waals surface area contributed by atoms with Crippen molar-refractivity contribution in [1.29, 1.82) is 0 Å². The van der Waals surface area contributed by atoms with Crippen LogP contribution in [0.1, 0.15) is 43.1 Å². The van der Waals surface area contributed by atoms with Crippen molar-refractivity contribution >= 4 is 33.0 Å². The van der Waals surface area contributed by atoms with E-state index in [-0.39, 0.29) is 23.9 Å². The van der Waals surface area contributed by atoms with Crippen LogP contribution in [0.15, 0.2) is 69.0 Å². The Morgan fingerprint density at radius 2 is 1.81 bits per heavy atom. The third kappa shape index (κ3) is 5.67. The molecule has 0 amide bonds. The van der Waals surface area contributed by atoms with Gasteiger partial charge in [0.2, 0.25) is 5.75 Å². The molecule has 1 aromatic heterocycles. The molecule has 0 bridgehead atoms. The molecule has 0 radical (unpaired) electrons. The first-order valence-corrected chi connectivity index (χ1v) is 12.5. The standard InChI is InChI=1S/C28H27BrFN3O4/c1-5-17(2)27-32-23-11-10-20(29)14-21(23)28(34)33(27)31-15-18-12-24(35-3)26(25(13-18)36-4)37-16-19-8-6-7-9-22(19)30/h6-15,17H,5,16H2,1-4H3/t17-/m1/s1. The summed E-state index contributed by atoms with van der Waals surface area (Å²) in [5.41, 5.74) is 1.38. The maximum absolute atomic E-state index is 14.1. The first-order valence-electron chi connectivity index (χ1n) is 11.7. The summed E-state index contributed by atoms with van der Waals surface area (Å²) < 4.78 is 33.1. The van der Waals surface area contributed by atoms with Crippen molar-refractivity contribution in [1.82, 2.24) is 9.66 Å². The van der Waals surface area contributed by atoms with Crippen LogP contribution in [0.4, 0.5) is 4.39 Å². The van der Waals surface area contributed by atoms with Gasteiger partial charge in [-0.25, -0.2) is 9.37 Å². The van der Waals surface area contributed by atoms with Gasteiger partial charge >= 0.3 is 0 Å². The van der Waals surface area contributed by atoms with Gasteiger partial charge in [0.1, 0.15) is 18.2 Å². The first-order chi connectivity index (χ1) is 17.9. The molecule has 3 aromatic carbocycles. The summed E-state index contributed by atoms with van der Waals surface area (Å²) in [6.45, 7) is 4.04. The van der Waals surface area contributed by atoms with E-state index in [1.165, 1.54) is 25.0 Å². The number of aromatic nitrogens is 2. The lowest BCUT2D eigenvalue weighted by Crippen LogP contribution is -2.23. The number of methoxy groups -OCH3 is 2. The van der Waals surface area contributed by atoms with Gasteiger partial charge in [-0.3, -0.25) is 4.79 Å². The van der Waals surface area contributed by atoms with E-state index in [9.17, 15) is 9.18 Å². The van der Waals surface area contributed by atoms with Gasteiger partial charge in [-0.05, 0) is 42.8 Å². The zero-order valence-corrected chi connectivity index (χ0v) is 22.6. The molecule has 192 valence electrons. The molecular formula is C28H27BrFN3O4. The number of rotatable bonds is 9. The van der Waals surface area contributed by atoms with Gasteiger partial charge in [-0.1, -0.05) is 48.0 Å². The largest absolute Gasteiger partial charge is 0.493 e. The average Bonchev–Trinajstić information content (AvgIpc) is 2.91. The lowest BCUT2D eigenvalue weighted by molar-refractivity contribution is 0.262. The van der Waals surface area contributed by atoms with Gasteiger partial charge in [0, 0.05) is 21.5 Å². The second kappa shape index (κ2) is 11.6. The van der Waals surface area contributed by atoms with Crippen molar-refractivity contribution in [3.63, 3.8) is 0 Å². The van der Waals surface area contributed by atoms with E-state index in [2.05, 4.69) is 21.0 Å². The number of ether oxygens (including phenoxy) is 3. The highest BCUT2D eigenvalue weighted by Crippen LogP contribution is 2.39. The Morgan fingerprint density at radius 3 is 2.46 bits per heavy atom. The van der Waals surface area contributed by atoms with Crippen LogP contribution >= 0.6 is 15.9 Å². The van der Waals surface area contributed by atoms with Crippen LogP contribution in [0.25, 0.3) is 10.9 Å². The highest BCUT2D eigenvalue weighted by Gasteiger charge is 2.17. The zero-order valence-electron chi connectivity index (χ0n) is 21.0. The minimum absolute atomic E-state index is 0.00118. The predicted octanol–water partition coefficient (Wildman–Crippen LogP) is 6.29. The highest BCUT2D eigenvalue weighted by molar-refractivity contribution is 9.10. The molecule has 0 aliphatic rings. The van der Waals surface area contributed by atoms with Crippen molar-refractivity contribution in [2.75, 3.05) is 14.2 Å². The quantitative estimate of drug-likeness (QED) is 0.222. The molecule has 0 unspecified atom stereocenters. The minimum atomic E-state index is -0.359. The fourth-order valence-electron chi connectivity index (χ4n) is 3.79. The molecule has 9 heteroatoms. The van der Waals surface area contributed by atoms with Crippen molar-refractivity contribution in [3.05, 3.63) is 92.2 Å². The van der Waals surface area contributed by atoms with Crippen molar-refractivity contribution in [2.24, 2.45) is 5.10 Å². The summed E-state index contributed by atoms with van der Waals surface area (Å²) >= 11 is 3.42. The van der Waals surface area contributed by atoms with E-state index in [1.54, 1.807) is 42.6 Å². The van der Waals surface area contributed by atoms with Crippen LogP contribution in [0.2, 0.25) is 0 Å². The molecule has 7 nitrogen and oxygen atoms in total. The Labute approximate surface area is 222 Å². The average molecular weight is 568 g/mol. The molecule has 1 atom stereocenters. The molecule has 0 saturated carbocycles. The fraction of sp³-hybridized carbons (Fsp3) is 0.250. The molecule has 0 aliphatic heterocycles. The highest BCUT2D eigenvalue weighted by atomic mass is 79.9. The molecule has 0 fully saturated rings. The number of halogens is 2. The van der Waals surface area contributed by atoms with Crippen LogP contribution in [0.5, 0.6) is 17.2 Å². The van der Waals surface area contributed by atoms with Crippen LogP contribution in [0.3, 0.4) is 0 Å². The van der Waals surface area contributed by atoms with Gasteiger partial charge < -0.3 is 14.2 Å². The smallest absolute Gasteiger partial charge is 0.282 e. The topological polar surface area (TPSA) is 74.9 Å². The summed E-state index contributed by atoms with van der Waals surface area (Å²) in [5.74, 6) is 1.32. The summed E-state index contributed by atoms with van der Waals surface area (Å²) in [6, 6.07) is 15.2. The number of hydrogen-bond acceptors (Lipinski definition) is 6. The molecule has 0 aliphatic carbocycles. The first kappa shape index (κ1) is 26.3. The van der Waals surface area contributed by atoms with Crippen molar-refractivity contribution in [2.45, 2.75) is 32.8 Å². The van der Waals surface area contributed by atoms with E-state index in [0.717, 1.165) is 10.9 Å². The van der Waals surface area contributed by atoms with Gasteiger partial charge in [-0.2, -0.15) is 9.78 Å². The third-order valence-corrected chi connectivity index (χ3v) is 6.51. The maximum Gasteiger partial charge on any atom is 0.282 e. The molecule has 4 aromatic rings. The van der Waals surface area contributed by atoms with Gasteiger partial charge in [0.25, 0.3) is 5.56 Å². The van der Waals surface area contributed by atoms with Gasteiger partial charge in [0.05, 0.1) is 31.3 Å². The predicted molar refractivity (Wildman–Crippen MR) is 146 cm³/mol. The number of fused-ring (bicyclic) bond motifs is 1. The van der Waals surface area contributed by atoms with Gasteiger partial charge in [0.15, 0.2) is 11.5 Å². The van der Waals surface area contributed by atoms with E-state index < -0.39 is 0 Å². The third-order valence-electron chi connectivity index (χ3n) is 6.02. The second-order valence-corrected chi connectivity index (χ2v) is 9.35. The summed E-state index contributed by atoms with van der Waals surface area (Å²) in [4.78, 5) is 18.1. The second-order valence-electron chi connectivity index (χ2n) is 8.44. The fourth-order valence-corrected chi connectivity index (χ4v) is 4.15. The number of nitrogens with zero attached hydrogens (tertiary/aromatic N) is 3. The van der Waals surface area contributed by atoms with E-state index >= 15 is 0 Å². The summed E-state index contributed by atoms with van der Waals surface area (Å²) in [7, 11) is 3.00. The molecule has 4 rings (SSSR count). The molecule has 0 saturated heterocycles. The Bertz CT molecular complexity index is 1490. The van der Waals surface area contributed by atoms with Crippen LogP contribution < -0.4 is 19.8 Å². The minimum Gasteiger partial charge on any atom is -0.493 e. The van der Waals surface area contributed by atoms with E-state index in [1.807, 2.05) is 26.0 Å². The number of benzene rings is 3. The molecule has 1 heterocycles.